The number of anilines is 2. The van der Waals surface area contributed by atoms with Gasteiger partial charge in [0, 0.05) is 5.02 Å². The van der Waals surface area contributed by atoms with E-state index < -0.39 is 22.5 Å². The van der Waals surface area contributed by atoms with E-state index in [-0.39, 0.29) is 10.6 Å². The van der Waals surface area contributed by atoms with Crippen LogP contribution in [0.4, 0.5) is 11.4 Å². The van der Waals surface area contributed by atoms with Crippen molar-refractivity contribution in [3.63, 3.8) is 0 Å². The predicted octanol–water partition coefficient (Wildman–Crippen LogP) is 6.90. The summed E-state index contributed by atoms with van der Waals surface area (Å²) in [6.07, 6.45) is 0. The lowest BCUT2D eigenvalue weighted by atomic mass is 10.1. The normalized spacial score (nSPS) is 11.1. The number of benzene rings is 4. The summed E-state index contributed by atoms with van der Waals surface area (Å²) in [5.74, 6) is 0.697. The third-order valence-electron chi connectivity index (χ3n) is 6.03. The number of nitrogens with one attached hydrogen (secondary N) is 1. The second kappa shape index (κ2) is 11.8. The lowest BCUT2D eigenvalue weighted by molar-refractivity contribution is -0.114. The molecule has 0 heterocycles. The van der Waals surface area contributed by atoms with Gasteiger partial charge in [0.25, 0.3) is 10.0 Å². The molecule has 202 valence electrons. The number of hydrogen-bond donors (Lipinski definition) is 1. The van der Waals surface area contributed by atoms with E-state index in [1.54, 1.807) is 61.5 Å². The molecule has 7 nitrogen and oxygen atoms in total. The molecule has 0 saturated heterocycles. The molecule has 0 atom stereocenters. The van der Waals surface area contributed by atoms with Gasteiger partial charge in [0.05, 0.1) is 23.4 Å². The van der Waals surface area contributed by atoms with Crippen LogP contribution in [0.2, 0.25) is 5.02 Å². The minimum absolute atomic E-state index is 0.0877. The molecule has 0 aliphatic carbocycles. The van der Waals surface area contributed by atoms with Crippen LogP contribution in [-0.2, 0) is 14.8 Å². The highest BCUT2D eigenvalue weighted by Crippen LogP contribution is 2.36. The van der Waals surface area contributed by atoms with Crippen LogP contribution in [0.3, 0.4) is 0 Å². The van der Waals surface area contributed by atoms with Crippen molar-refractivity contribution in [2.75, 3.05) is 23.3 Å². The number of sulfonamides is 1. The molecule has 0 saturated carbocycles. The van der Waals surface area contributed by atoms with Crippen molar-refractivity contribution < 1.29 is 22.7 Å². The Morgan fingerprint density at radius 2 is 1.51 bits per heavy atom. The van der Waals surface area contributed by atoms with Crippen LogP contribution in [0.25, 0.3) is 0 Å². The second-order valence-corrected chi connectivity index (χ2v) is 11.4. The minimum atomic E-state index is -4.07. The number of methoxy groups -OCH3 is 1. The Bertz CT molecular complexity index is 1600. The molecule has 0 bridgehead atoms. The van der Waals surface area contributed by atoms with E-state index >= 15 is 0 Å². The molecule has 0 aromatic heterocycles. The van der Waals surface area contributed by atoms with E-state index in [9.17, 15) is 13.2 Å². The van der Waals surface area contributed by atoms with E-state index in [1.807, 2.05) is 32.0 Å². The smallest absolute Gasteiger partial charge is 0.264 e. The van der Waals surface area contributed by atoms with E-state index in [2.05, 4.69) is 5.32 Å². The number of para-hydroxylation sites is 2. The van der Waals surface area contributed by atoms with Gasteiger partial charge in [-0.25, -0.2) is 8.42 Å². The first kappa shape index (κ1) is 28.0. The van der Waals surface area contributed by atoms with Crippen molar-refractivity contribution in [3.8, 4) is 17.2 Å². The second-order valence-electron chi connectivity index (χ2n) is 9.06. The van der Waals surface area contributed by atoms with Crippen LogP contribution in [0.15, 0.2) is 89.8 Å². The molecule has 39 heavy (non-hydrogen) atoms. The van der Waals surface area contributed by atoms with Crippen molar-refractivity contribution in [2.24, 2.45) is 0 Å². The number of carbonyl (C=O) groups excluding carboxylic acids is 1. The summed E-state index contributed by atoms with van der Waals surface area (Å²) in [5.41, 5.74) is 3.21. The van der Waals surface area contributed by atoms with Gasteiger partial charge in [-0.3, -0.25) is 9.10 Å². The first-order valence-electron chi connectivity index (χ1n) is 12.2. The summed E-state index contributed by atoms with van der Waals surface area (Å²) in [6.45, 7) is 5.08. The molecule has 9 heteroatoms. The topological polar surface area (TPSA) is 84.9 Å². The number of nitrogens with zero attached hydrogens (tertiary/aromatic N) is 1. The summed E-state index contributed by atoms with van der Waals surface area (Å²) in [4.78, 5) is 13.5. The molecular formula is C30H29ClN2O5S. The summed E-state index contributed by atoms with van der Waals surface area (Å²) in [6, 6.07) is 23.9. The average Bonchev–Trinajstić information content (AvgIpc) is 2.91. The zero-order valence-corrected chi connectivity index (χ0v) is 23.6. The van der Waals surface area contributed by atoms with Crippen LogP contribution in [0.5, 0.6) is 17.2 Å². The van der Waals surface area contributed by atoms with Gasteiger partial charge in [0.1, 0.15) is 6.54 Å². The van der Waals surface area contributed by atoms with E-state index in [4.69, 9.17) is 21.1 Å². The summed E-state index contributed by atoms with van der Waals surface area (Å²) >= 11 is 6.23. The zero-order valence-electron chi connectivity index (χ0n) is 22.1. The van der Waals surface area contributed by atoms with Gasteiger partial charge in [-0.2, -0.15) is 0 Å². The van der Waals surface area contributed by atoms with Gasteiger partial charge in [-0.15, -0.1) is 0 Å². The molecule has 1 amide bonds. The third-order valence-corrected chi connectivity index (χ3v) is 8.04. The number of rotatable bonds is 9. The van der Waals surface area contributed by atoms with Crippen molar-refractivity contribution in [1.82, 2.24) is 0 Å². The van der Waals surface area contributed by atoms with Crippen LogP contribution in [0, 0.1) is 20.8 Å². The molecule has 0 aliphatic heterocycles. The van der Waals surface area contributed by atoms with E-state index in [0.29, 0.717) is 33.5 Å². The molecule has 0 aliphatic rings. The highest BCUT2D eigenvalue weighted by Gasteiger charge is 2.29. The largest absolute Gasteiger partial charge is 0.493 e. The Morgan fingerprint density at radius 3 is 2.21 bits per heavy atom. The fourth-order valence-electron chi connectivity index (χ4n) is 3.96. The Morgan fingerprint density at radius 1 is 0.846 bits per heavy atom. The first-order valence-corrected chi connectivity index (χ1v) is 14.0. The number of hydrogen-bond acceptors (Lipinski definition) is 5. The monoisotopic (exact) mass is 564 g/mol. The molecule has 0 spiro atoms. The lowest BCUT2D eigenvalue weighted by Gasteiger charge is -2.26. The fourth-order valence-corrected chi connectivity index (χ4v) is 5.61. The summed E-state index contributed by atoms with van der Waals surface area (Å²) < 4.78 is 40.1. The Labute approximate surface area is 234 Å². The highest BCUT2D eigenvalue weighted by molar-refractivity contribution is 7.92. The van der Waals surface area contributed by atoms with Crippen LogP contribution >= 0.6 is 11.6 Å². The molecule has 0 radical (unpaired) electrons. The van der Waals surface area contributed by atoms with Crippen LogP contribution < -0.4 is 19.1 Å². The lowest BCUT2D eigenvalue weighted by Crippen LogP contribution is -2.38. The molecule has 4 rings (SSSR count). The number of ether oxygens (including phenoxy) is 2. The van der Waals surface area contributed by atoms with E-state index in [0.717, 1.165) is 15.4 Å². The van der Waals surface area contributed by atoms with Crippen molar-refractivity contribution >= 4 is 38.9 Å². The number of halogens is 1. The highest BCUT2D eigenvalue weighted by atomic mass is 35.5. The number of aryl methyl sites for hydroxylation is 3. The summed E-state index contributed by atoms with van der Waals surface area (Å²) in [5, 5.41) is 3.15. The van der Waals surface area contributed by atoms with Gasteiger partial charge in [-0.05, 0) is 80.4 Å². The Kier molecular flexibility index (Phi) is 8.47. The first-order chi connectivity index (χ1) is 18.6. The maximum atomic E-state index is 13.8. The predicted molar refractivity (Wildman–Crippen MR) is 155 cm³/mol. The number of amides is 1. The Hall–Kier alpha value is -4.01. The summed E-state index contributed by atoms with van der Waals surface area (Å²) in [7, 11) is -2.54. The molecule has 4 aromatic rings. The molecule has 4 aromatic carbocycles. The van der Waals surface area contributed by atoms with Crippen LogP contribution in [0.1, 0.15) is 16.7 Å². The minimum Gasteiger partial charge on any atom is -0.493 e. The molecule has 0 unspecified atom stereocenters. The molecule has 0 fully saturated rings. The maximum absolute atomic E-state index is 13.8. The van der Waals surface area contributed by atoms with E-state index in [1.165, 1.54) is 19.2 Å². The van der Waals surface area contributed by atoms with Gasteiger partial charge in [0.15, 0.2) is 17.2 Å². The van der Waals surface area contributed by atoms with Crippen molar-refractivity contribution in [3.05, 3.63) is 107 Å². The third kappa shape index (κ3) is 6.53. The van der Waals surface area contributed by atoms with Gasteiger partial charge < -0.3 is 14.8 Å². The molecule has 1 N–H and O–H groups in total. The van der Waals surface area contributed by atoms with Gasteiger partial charge in [-0.1, -0.05) is 53.6 Å². The van der Waals surface area contributed by atoms with Crippen molar-refractivity contribution in [1.29, 1.82) is 0 Å². The number of carbonyl (C=O) groups is 1. The Balaban J connectivity index is 1.68. The standard InChI is InChI=1S/C30H29ClN2O5S/c1-20-10-14-24(15-11-20)39(35,36)33(26-17-21(2)9-12-22(26)3)19-30(34)32-25-18-23(31)13-16-27(25)38-29-8-6-5-7-28(29)37-4/h5-18H,19H2,1-4H3,(H,32,34). The SMILES string of the molecule is COc1ccccc1Oc1ccc(Cl)cc1NC(=O)CN(c1cc(C)ccc1C)S(=O)(=O)c1ccc(C)cc1. The van der Waals surface area contributed by atoms with Crippen molar-refractivity contribution in [2.45, 2.75) is 25.7 Å². The van der Waals surface area contributed by atoms with Gasteiger partial charge >= 0.3 is 0 Å². The molecular weight excluding hydrogens is 536 g/mol. The fraction of sp³-hybridized carbons (Fsp3) is 0.167. The van der Waals surface area contributed by atoms with Gasteiger partial charge in [0.2, 0.25) is 5.91 Å². The quantitative estimate of drug-likeness (QED) is 0.239. The van der Waals surface area contributed by atoms with Crippen LogP contribution in [-0.4, -0.2) is 28.0 Å². The maximum Gasteiger partial charge on any atom is 0.264 e. The average molecular weight is 565 g/mol. The zero-order chi connectivity index (χ0) is 28.2.